The Balaban J connectivity index is 2.19. The summed E-state index contributed by atoms with van der Waals surface area (Å²) in [5.41, 5.74) is 3.42. The van der Waals surface area contributed by atoms with Gasteiger partial charge in [0.25, 0.3) is 5.91 Å². The predicted molar refractivity (Wildman–Crippen MR) is 67.0 cm³/mol. The third kappa shape index (κ3) is 2.76. The molecule has 0 bridgehead atoms. The van der Waals surface area contributed by atoms with Crippen LogP contribution in [-0.2, 0) is 9.59 Å². The minimum atomic E-state index is -1.08. The first-order valence-corrected chi connectivity index (χ1v) is 5.48. The largest absolute Gasteiger partial charge is 0.478 e. The second kappa shape index (κ2) is 4.89. The Morgan fingerprint density at radius 3 is 2.74 bits per heavy atom. The van der Waals surface area contributed by atoms with Gasteiger partial charge in [0, 0.05) is 5.69 Å². The van der Waals surface area contributed by atoms with Crippen molar-refractivity contribution in [2.75, 3.05) is 5.32 Å². The Bertz CT molecular complexity index is 607. The maximum atomic E-state index is 11.8. The Labute approximate surface area is 108 Å². The highest BCUT2D eigenvalue weighted by Gasteiger charge is 2.22. The van der Waals surface area contributed by atoms with E-state index in [0.717, 1.165) is 5.56 Å². The molecule has 1 heterocycles. The molecule has 19 heavy (non-hydrogen) atoms. The Morgan fingerprint density at radius 2 is 2.16 bits per heavy atom. The molecule has 0 atom stereocenters. The van der Waals surface area contributed by atoms with Crippen LogP contribution in [0.25, 0.3) is 0 Å². The molecule has 0 aromatic heterocycles. The van der Waals surface area contributed by atoms with Crippen LogP contribution in [0.3, 0.4) is 0 Å². The maximum absolute atomic E-state index is 11.8. The van der Waals surface area contributed by atoms with Crippen LogP contribution < -0.4 is 10.7 Å². The number of carbonyl (C=O) groups excluding carboxylic acids is 2. The third-order valence-electron chi connectivity index (χ3n) is 2.64. The predicted octanol–water partition coefficient (Wildman–Crippen LogP) is 0.508. The fourth-order valence-electron chi connectivity index (χ4n) is 1.58. The van der Waals surface area contributed by atoms with Gasteiger partial charge >= 0.3 is 5.97 Å². The van der Waals surface area contributed by atoms with E-state index >= 15 is 0 Å². The van der Waals surface area contributed by atoms with Gasteiger partial charge in [0.05, 0.1) is 12.0 Å². The summed E-state index contributed by atoms with van der Waals surface area (Å²) < 4.78 is 0. The normalized spacial score (nSPS) is 13.7. The van der Waals surface area contributed by atoms with E-state index in [2.05, 4.69) is 15.8 Å². The van der Waals surface area contributed by atoms with E-state index in [4.69, 9.17) is 5.11 Å². The van der Waals surface area contributed by atoms with E-state index < -0.39 is 11.9 Å². The first kappa shape index (κ1) is 12.7. The van der Waals surface area contributed by atoms with Crippen LogP contribution in [0.5, 0.6) is 0 Å². The molecule has 0 spiro atoms. The molecular formula is C12H11N3O4. The summed E-state index contributed by atoms with van der Waals surface area (Å²) in [4.78, 5) is 33.6. The lowest BCUT2D eigenvalue weighted by Crippen LogP contribution is -2.22. The number of carboxylic acids is 1. The van der Waals surface area contributed by atoms with Crippen LogP contribution in [0.2, 0.25) is 0 Å². The molecule has 1 aromatic carbocycles. The number of carboxylic acid groups (broad SMARTS) is 1. The van der Waals surface area contributed by atoms with Crippen molar-refractivity contribution in [3.05, 3.63) is 29.3 Å². The lowest BCUT2D eigenvalue weighted by Gasteiger charge is -2.08. The Kier molecular flexibility index (Phi) is 3.28. The molecule has 1 aliphatic rings. The molecule has 2 amide bonds. The molecule has 7 nitrogen and oxygen atoms in total. The number of aromatic carboxylic acids is 1. The highest BCUT2D eigenvalue weighted by Crippen LogP contribution is 2.17. The number of hydrogen-bond acceptors (Lipinski definition) is 4. The monoisotopic (exact) mass is 261 g/mol. The average molecular weight is 261 g/mol. The van der Waals surface area contributed by atoms with Gasteiger partial charge in [-0.1, -0.05) is 6.07 Å². The smallest absolute Gasteiger partial charge is 0.335 e. The number of anilines is 1. The topological polar surface area (TPSA) is 108 Å². The highest BCUT2D eigenvalue weighted by atomic mass is 16.4. The van der Waals surface area contributed by atoms with Crippen molar-refractivity contribution in [2.24, 2.45) is 5.10 Å². The number of hydrazone groups is 1. The number of nitrogens with zero attached hydrogens (tertiary/aromatic N) is 1. The van der Waals surface area contributed by atoms with Crippen molar-refractivity contribution >= 4 is 29.2 Å². The number of aryl methyl sites for hydroxylation is 1. The van der Waals surface area contributed by atoms with Crippen molar-refractivity contribution in [1.29, 1.82) is 0 Å². The molecule has 0 saturated heterocycles. The van der Waals surface area contributed by atoms with Crippen LogP contribution in [0, 0.1) is 6.92 Å². The number of rotatable bonds is 3. The van der Waals surface area contributed by atoms with Gasteiger partial charge in [-0.05, 0) is 24.6 Å². The molecule has 1 aliphatic heterocycles. The molecular weight excluding hydrogens is 250 g/mol. The van der Waals surface area contributed by atoms with Crippen LogP contribution in [0.1, 0.15) is 22.3 Å². The van der Waals surface area contributed by atoms with E-state index in [0.29, 0.717) is 5.69 Å². The molecule has 3 N–H and O–H groups in total. The number of hydrogen-bond donors (Lipinski definition) is 3. The second-order valence-electron chi connectivity index (χ2n) is 4.06. The summed E-state index contributed by atoms with van der Waals surface area (Å²) in [6.45, 7) is 1.74. The van der Waals surface area contributed by atoms with Crippen LogP contribution in [0.15, 0.2) is 23.3 Å². The van der Waals surface area contributed by atoms with Gasteiger partial charge in [-0.25, -0.2) is 10.2 Å². The van der Waals surface area contributed by atoms with Gasteiger partial charge < -0.3 is 10.4 Å². The summed E-state index contributed by atoms with van der Waals surface area (Å²) in [6, 6.07) is 4.41. The van der Waals surface area contributed by atoms with Crippen LogP contribution in [-0.4, -0.2) is 28.6 Å². The molecule has 2 rings (SSSR count). The van der Waals surface area contributed by atoms with Gasteiger partial charge in [-0.2, -0.15) is 5.10 Å². The Morgan fingerprint density at radius 1 is 1.42 bits per heavy atom. The third-order valence-corrected chi connectivity index (χ3v) is 2.64. The molecule has 1 aromatic rings. The lowest BCUT2D eigenvalue weighted by atomic mass is 10.1. The van der Waals surface area contributed by atoms with E-state index in [-0.39, 0.29) is 23.6 Å². The van der Waals surface area contributed by atoms with E-state index in [1.54, 1.807) is 13.0 Å². The SMILES string of the molecule is Cc1ccc(C(=O)O)cc1NC(=O)C1=NNC(=O)C1. The number of amides is 2. The summed E-state index contributed by atoms with van der Waals surface area (Å²) >= 11 is 0. The summed E-state index contributed by atoms with van der Waals surface area (Å²) in [5.74, 6) is -1.95. The van der Waals surface area contributed by atoms with E-state index in [1.807, 2.05) is 0 Å². The second-order valence-corrected chi connectivity index (χ2v) is 4.06. The highest BCUT2D eigenvalue weighted by molar-refractivity contribution is 6.46. The fraction of sp³-hybridized carbons (Fsp3) is 0.167. The first-order valence-electron chi connectivity index (χ1n) is 5.48. The van der Waals surface area contributed by atoms with Gasteiger partial charge in [0.2, 0.25) is 5.91 Å². The maximum Gasteiger partial charge on any atom is 0.335 e. The van der Waals surface area contributed by atoms with Gasteiger partial charge in [-0.3, -0.25) is 9.59 Å². The van der Waals surface area contributed by atoms with Crippen molar-refractivity contribution in [1.82, 2.24) is 5.43 Å². The zero-order valence-corrected chi connectivity index (χ0v) is 10.1. The molecule has 0 aliphatic carbocycles. The summed E-state index contributed by atoms with van der Waals surface area (Å²) in [6.07, 6.45) is -0.0799. The van der Waals surface area contributed by atoms with Crippen LogP contribution in [0.4, 0.5) is 5.69 Å². The molecule has 0 fully saturated rings. The number of benzene rings is 1. The molecule has 0 saturated carbocycles. The van der Waals surface area contributed by atoms with Gasteiger partial charge in [0.15, 0.2) is 0 Å². The van der Waals surface area contributed by atoms with Crippen molar-refractivity contribution in [3.63, 3.8) is 0 Å². The summed E-state index contributed by atoms with van der Waals surface area (Å²) in [5, 5.41) is 15.0. The lowest BCUT2D eigenvalue weighted by molar-refractivity contribution is -0.119. The molecule has 0 unspecified atom stereocenters. The van der Waals surface area contributed by atoms with Crippen molar-refractivity contribution < 1.29 is 19.5 Å². The molecule has 98 valence electrons. The molecule has 7 heteroatoms. The van der Waals surface area contributed by atoms with E-state index in [9.17, 15) is 14.4 Å². The Hall–Kier alpha value is -2.70. The minimum absolute atomic E-state index is 0.0727. The summed E-state index contributed by atoms with van der Waals surface area (Å²) in [7, 11) is 0. The van der Waals surface area contributed by atoms with Gasteiger partial charge in [0.1, 0.15) is 5.71 Å². The first-order chi connectivity index (χ1) is 8.97. The standard InChI is InChI=1S/C12H11N3O4/c1-6-2-3-7(12(18)19)4-8(6)13-11(17)9-5-10(16)15-14-9/h2-4H,5H2,1H3,(H,13,17)(H,15,16)(H,18,19). The zero-order valence-electron chi connectivity index (χ0n) is 10.1. The average Bonchev–Trinajstić information content (AvgIpc) is 2.78. The van der Waals surface area contributed by atoms with E-state index in [1.165, 1.54) is 12.1 Å². The number of nitrogens with one attached hydrogen (secondary N) is 2. The van der Waals surface area contributed by atoms with Crippen molar-refractivity contribution in [3.8, 4) is 0 Å². The number of carbonyl (C=O) groups is 3. The quantitative estimate of drug-likeness (QED) is 0.736. The molecule has 0 radical (unpaired) electrons. The zero-order chi connectivity index (χ0) is 14.0. The fourth-order valence-corrected chi connectivity index (χ4v) is 1.58. The van der Waals surface area contributed by atoms with Gasteiger partial charge in [-0.15, -0.1) is 0 Å². The van der Waals surface area contributed by atoms with Crippen LogP contribution >= 0.6 is 0 Å². The minimum Gasteiger partial charge on any atom is -0.478 e. The van der Waals surface area contributed by atoms with Crippen molar-refractivity contribution in [2.45, 2.75) is 13.3 Å².